The lowest BCUT2D eigenvalue weighted by molar-refractivity contribution is 0.288. The highest BCUT2D eigenvalue weighted by Gasteiger charge is 2.31. The van der Waals surface area contributed by atoms with Crippen LogP contribution in [0.5, 0.6) is 0 Å². The summed E-state index contributed by atoms with van der Waals surface area (Å²) in [6.07, 6.45) is 5.79. The summed E-state index contributed by atoms with van der Waals surface area (Å²) < 4.78 is 0. The van der Waals surface area contributed by atoms with Crippen LogP contribution in [0.15, 0.2) is 0 Å². The molecule has 0 heterocycles. The molecule has 0 aromatic carbocycles. The van der Waals surface area contributed by atoms with Crippen LogP contribution >= 0.6 is 0 Å². The second kappa shape index (κ2) is 7.11. The highest BCUT2D eigenvalue weighted by molar-refractivity contribution is 5.06. The molecule has 104 valence electrons. The van der Waals surface area contributed by atoms with Gasteiger partial charge < -0.3 is 4.90 Å². The second-order valence-electron chi connectivity index (χ2n) is 6.45. The Kier molecular flexibility index (Phi) is 6.11. The van der Waals surface area contributed by atoms with Crippen LogP contribution in [-0.4, -0.2) is 36.6 Å². The predicted molar refractivity (Wildman–Crippen MR) is 76.4 cm³/mol. The summed E-state index contributed by atoms with van der Waals surface area (Å²) in [7, 11) is 2.18. The molecule has 1 rings (SSSR count). The van der Waals surface area contributed by atoms with Crippen LogP contribution in [-0.2, 0) is 0 Å². The minimum atomic E-state index is -0.319. The molecule has 0 bridgehead atoms. The monoisotopic (exact) mass is 251 g/mol. The van der Waals surface area contributed by atoms with Crippen LogP contribution in [0, 0.1) is 17.2 Å². The molecule has 0 aromatic rings. The Bertz CT molecular complexity index is 278. The largest absolute Gasteiger partial charge is 0.306 e. The van der Waals surface area contributed by atoms with E-state index in [0.29, 0.717) is 6.04 Å². The minimum Gasteiger partial charge on any atom is -0.306 e. The topological polar surface area (TPSA) is 39.1 Å². The fourth-order valence-corrected chi connectivity index (χ4v) is 2.13. The van der Waals surface area contributed by atoms with Gasteiger partial charge in [-0.05, 0) is 65.1 Å². The van der Waals surface area contributed by atoms with Crippen molar-refractivity contribution in [3.8, 4) is 6.07 Å². The Hall–Kier alpha value is -0.590. The number of nitrogens with zero attached hydrogens (tertiary/aromatic N) is 2. The SMILES string of the molecule is CC(C)CCN(C)CCCC(C)(C#N)NC1CC1. The van der Waals surface area contributed by atoms with Gasteiger partial charge in [-0.25, -0.2) is 0 Å². The lowest BCUT2D eigenvalue weighted by Gasteiger charge is -2.25. The van der Waals surface area contributed by atoms with E-state index in [1.165, 1.54) is 19.3 Å². The van der Waals surface area contributed by atoms with Crippen molar-refractivity contribution in [1.82, 2.24) is 10.2 Å². The van der Waals surface area contributed by atoms with Gasteiger partial charge in [-0.15, -0.1) is 0 Å². The van der Waals surface area contributed by atoms with Gasteiger partial charge in [0.2, 0.25) is 0 Å². The molecule has 0 spiro atoms. The van der Waals surface area contributed by atoms with E-state index in [0.717, 1.165) is 31.8 Å². The quantitative estimate of drug-likeness (QED) is 0.685. The fraction of sp³-hybridized carbons (Fsp3) is 0.933. The summed E-state index contributed by atoms with van der Waals surface area (Å²) >= 11 is 0. The van der Waals surface area contributed by atoms with Gasteiger partial charge in [0.1, 0.15) is 5.54 Å². The van der Waals surface area contributed by atoms with E-state index in [1.807, 2.05) is 6.92 Å². The van der Waals surface area contributed by atoms with E-state index in [1.54, 1.807) is 0 Å². The van der Waals surface area contributed by atoms with Crippen molar-refractivity contribution in [3.05, 3.63) is 0 Å². The smallest absolute Gasteiger partial charge is 0.104 e. The molecule has 3 heteroatoms. The van der Waals surface area contributed by atoms with Crippen LogP contribution in [0.2, 0.25) is 0 Å². The van der Waals surface area contributed by atoms with Gasteiger partial charge >= 0.3 is 0 Å². The van der Waals surface area contributed by atoms with Crippen LogP contribution < -0.4 is 5.32 Å². The minimum absolute atomic E-state index is 0.319. The first-order valence-corrected chi connectivity index (χ1v) is 7.32. The Morgan fingerprint density at radius 3 is 2.56 bits per heavy atom. The lowest BCUT2D eigenvalue weighted by Crippen LogP contribution is -2.42. The number of nitriles is 1. The molecule has 0 saturated heterocycles. The van der Waals surface area contributed by atoms with Crippen molar-refractivity contribution >= 4 is 0 Å². The maximum atomic E-state index is 9.28. The molecule has 0 aliphatic heterocycles. The first-order valence-electron chi connectivity index (χ1n) is 7.32. The molecule has 0 amide bonds. The summed E-state index contributed by atoms with van der Waals surface area (Å²) in [4.78, 5) is 2.38. The van der Waals surface area contributed by atoms with Crippen LogP contribution in [0.3, 0.4) is 0 Å². The first-order chi connectivity index (χ1) is 8.45. The van der Waals surface area contributed by atoms with E-state index in [9.17, 15) is 5.26 Å². The zero-order valence-corrected chi connectivity index (χ0v) is 12.5. The maximum Gasteiger partial charge on any atom is 0.104 e. The number of hydrogen-bond donors (Lipinski definition) is 1. The Balaban J connectivity index is 2.16. The summed E-state index contributed by atoms with van der Waals surface area (Å²) in [6.45, 7) is 8.83. The second-order valence-corrected chi connectivity index (χ2v) is 6.45. The third kappa shape index (κ3) is 6.37. The molecular formula is C15H29N3. The summed E-state index contributed by atoms with van der Waals surface area (Å²) in [6, 6.07) is 3.05. The van der Waals surface area contributed by atoms with E-state index in [2.05, 4.69) is 37.2 Å². The molecule has 1 aliphatic rings. The Morgan fingerprint density at radius 2 is 2.06 bits per heavy atom. The molecule has 0 radical (unpaired) electrons. The molecule has 1 atom stereocenters. The molecule has 1 unspecified atom stereocenters. The van der Waals surface area contributed by atoms with Crippen LogP contribution in [0.4, 0.5) is 0 Å². The maximum absolute atomic E-state index is 9.28. The molecule has 1 saturated carbocycles. The number of hydrogen-bond acceptors (Lipinski definition) is 3. The summed E-state index contributed by atoms with van der Waals surface area (Å²) in [5.74, 6) is 0.772. The number of rotatable bonds is 9. The molecule has 18 heavy (non-hydrogen) atoms. The summed E-state index contributed by atoms with van der Waals surface area (Å²) in [5, 5.41) is 12.7. The molecule has 1 aliphatic carbocycles. The Morgan fingerprint density at radius 1 is 1.39 bits per heavy atom. The molecule has 3 nitrogen and oxygen atoms in total. The van der Waals surface area contributed by atoms with Crippen molar-refractivity contribution in [1.29, 1.82) is 5.26 Å². The van der Waals surface area contributed by atoms with Gasteiger partial charge in [-0.1, -0.05) is 13.8 Å². The number of nitrogens with one attached hydrogen (secondary N) is 1. The van der Waals surface area contributed by atoms with E-state index in [-0.39, 0.29) is 5.54 Å². The zero-order chi connectivity index (χ0) is 13.6. The van der Waals surface area contributed by atoms with Crippen LogP contribution in [0.1, 0.15) is 52.9 Å². The van der Waals surface area contributed by atoms with E-state index >= 15 is 0 Å². The van der Waals surface area contributed by atoms with Gasteiger partial charge in [0, 0.05) is 6.04 Å². The van der Waals surface area contributed by atoms with E-state index in [4.69, 9.17) is 0 Å². The molecular weight excluding hydrogens is 222 g/mol. The van der Waals surface area contributed by atoms with Gasteiger partial charge in [-0.2, -0.15) is 5.26 Å². The van der Waals surface area contributed by atoms with Gasteiger partial charge in [0.05, 0.1) is 6.07 Å². The first kappa shape index (κ1) is 15.5. The van der Waals surface area contributed by atoms with Gasteiger partial charge in [0.15, 0.2) is 0 Å². The van der Waals surface area contributed by atoms with Crippen molar-refractivity contribution in [3.63, 3.8) is 0 Å². The van der Waals surface area contributed by atoms with Crippen molar-refractivity contribution in [2.75, 3.05) is 20.1 Å². The molecule has 1 N–H and O–H groups in total. The van der Waals surface area contributed by atoms with Crippen molar-refractivity contribution < 1.29 is 0 Å². The van der Waals surface area contributed by atoms with Crippen LogP contribution in [0.25, 0.3) is 0 Å². The summed E-state index contributed by atoms with van der Waals surface area (Å²) in [5.41, 5.74) is -0.319. The molecule has 0 aromatic heterocycles. The van der Waals surface area contributed by atoms with Crippen molar-refractivity contribution in [2.24, 2.45) is 5.92 Å². The van der Waals surface area contributed by atoms with Gasteiger partial charge in [-0.3, -0.25) is 5.32 Å². The average molecular weight is 251 g/mol. The third-order valence-electron chi connectivity index (χ3n) is 3.65. The highest BCUT2D eigenvalue weighted by atomic mass is 15.1. The normalized spacial score (nSPS) is 18.9. The fourth-order valence-electron chi connectivity index (χ4n) is 2.13. The third-order valence-corrected chi connectivity index (χ3v) is 3.65. The lowest BCUT2D eigenvalue weighted by atomic mass is 9.97. The molecule has 1 fully saturated rings. The highest BCUT2D eigenvalue weighted by Crippen LogP contribution is 2.24. The predicted octanol–water partition coefficient (Wildman–Crippen LogP) is 2.78. The standard InChI is InChI=1S/C15H29N3/c1-13(2)8-11-18(4)10-5-9-15(3,12-16)17-14-6-7-14/h13-14,17H,5-11H2,1-4H3. The van der Waals surface area contributed by atoms with E-state index < -0.39 is 0 Å². The zero-order valence-electron chi connectivity index (χ0n) is 12.5. The van der Waals surface area contributed by atoms with Gasteiger partial charge in [0.25, 0.3) is 0 Å². The Labute approximate surface area is 113 Å². The average Bonchev–Trinajstić information content (AvgIpc) is 3.10. The van der Waals surface area contributed by atoms with Crippen molar-refractivity contribution in [2.45, 2.75) is 64.5 Å².